The molecule has 0 N–H and O–H groups in total. The van der Waals surface area contributed by atoms with Gasteiger partial charge in [-0.3, -0.25) is 9.59 Å². The lowest BCUT2D eigenvalue weighted by atomic mass is 10.0. The predicted octanol–water partition coefficient (Wildman–Crippen LogP) is 2.60. The molecule has 10 nitrogen and oxygen atoms in total. The second kappa shape index (κ2) is 11.1. The zero-order valence-electron chi connectivity index (χ0n) is 23.3. The maximum absolute atomic E-state index is 13.5. The number of hydrogen-bond acceptors (Lipinski definition) is 6. The highest BCUT2D eigenvalue weighted by Crippen LogP contribution is 2.40. The Morgan fingerprint density at radius 2 is 1.71 bits per heavy atom. The number of rotatable bonds is 6. The van der Waals surface area contributed by atoms with Crippen molar-refractivity contribution >= 4 is 50.1 Å². The Bertz CT molecular complexity index is 1650. The molecule has 3 aliphatic heterocycles. The van der Waals surface area contributed by atoms with Gasteiger partial charge in [-0.2, -0.15) is 4.31 Å². The topological polar surface area (TPSA) is 101 Å². The first kappa shape index (κ1) is 27.6. The molecule has 0 spiro atoms. The monoisotopic (exact) mass is 578 g/mol. The van der Waals surface area contributed by atoms with Gasteiger partial charge in [0.15, 0.2) is 0 Å². The zero-order valence-corrected chi connectivity index (χ0v) is 24.2. The number of sulfonamides is 1. The van der Waals surface area contributed by atoms with Crippen LogP contribution in [0.4, 0.5) is 5.69 Å². The number of hydrogen-bond donors (Lipinski definition) is 0. The third kappa shape index (κ3) is 4.97. The van der Waals surface area contributed by atoms with E-state index >= 15 is 0 Å². The summed E-state index contributed by atoms with van der Waals surface area (Å²) in [7, 11) is -2.05. The van der Waals surface area contributed by atoms with Crippen molar-refractivity contribution in [1.29, 1.82) is 0 Å². The molecule has 11 heteroatoms. The molecule has 216 valence electrons. The van der Waals surface area contributed by atoms with E-state index in [1.165, 1.54) is 4.31 Å². The van der Waals surface area contributed by atoms with E-state index in [-0.39, 0.29) is 23.3 Å². The number of morpholine rings is 2. The number of ether oxygens (including phenoxy) is 2. The summed E-state index contributed by atoms with van der Waals surface area (Å²) >= 11 is 0. The smallest absolute Gasteiger partial charge is 0.258 e. The lowest BCUT2D eigenvalue weighted by molar-refractivity contribution is -0.135. The summed E-state index contributed by atoms with van der Waals surface area (Å²) in [6.45, 7) is 5.78. The molecule has 4 heterocycles. The highest BCUT2D eigenvalue weighted by atomic mass is 32.2. The number of amides is 2. The Labute approximate surface area is 239 Å². The Morgan fingerprint density at radius 1 is 1.00 bits per heavy atom. The fourth-order valence-corrected chi connectivity index (χ4v) is 7.30. The SMILES string of the molecule is CCc1cccc2c(/C=C3\C(=O)N(C)c4ccc(S(=O)(=O)N5CCOCC5)cc43)cn(CC(=O)N3CCOCC3)c12. The number of aryl methyl sites for hydroxylation is 1. The van der Waals surface area contributed by atoms with Crippen LogP contribution in [-0.4, -0.2) is 93.7 Å². The summed E-state index contributed by atoms with van der Waals surface area (Å²) in [5.74, 6) is -0.187. The number of para-hydroxylation sites is 1. The van der Waals surface area contributed by atoms with Crippen LogP contribution >= 0.6 is 0 Å². The number of carbonyl (C=O) groups is 2. The first-order chi connectivity index (χ1) is 19.8. The van der Waals surface area contributed by atoms with E-state index in [1.807, 2.05) is 33.9 Å². The highest BCUT2D eigenvalue weighted by molar-refractivity contribution is 7.89. The predicted molar refractivity (Wildman–Crippen MR) is 156 cm³/mol. The van der Waals surface area contributed by atoms with Crippen LogP contribution in [0.25, 0.3) is 22.6 Å². The molecule has 2 aromatic carbocycles. The average Bonchev–Trinajstić information content (AvgIpc) is 3.47. The highest BCUT2D eigenvalue weighted by Gasteiger charge is 2.33. The van der Waals surface area contributed by atoms with E-state index in [4.69, 9.17) is 9.47 Å². The van der Waals surface area contributed by atoms with Crippen molar-refractivity contribution in [3.63, 3.8) is 0 Å². The third-order valence-electron chi connectivity index (χ3n) is 8.13. The van der Waals surface area contributed by atoms with E-state index in [2.05, 4.69) is 13.0 Å². The molecule has 2 fully saturated rings. The van der Waals surface area contributed by atoms with Gasteiger partial charge in [0.1, 0.15) is 6.54 Å². The van der Waals surface area contributed by atoms with E-state index in [1.54, 1.807) is 30.1 Å². The summed E-state index contributed by atoms with van der Waals surface area (Å²) in [6.07, 6.45) is 4.54. The largest absolute Gasteiger partial charge is 0.379 e. The standard InChI is InChI=1S/C30H34N4O6S/c1-3-21-5-4-6-24-22(19-33(29(21)24)20-28(35)32-9-13-39-14-10-32)17-26-25-18-23(7-8-27(25)31(2)30(26)36)41(37,38)34-11-15-40-16-12-34/h4-8,17-19H,3,9-16,20H2,1-2H3/b26-17-. The van der Waals surface area contributed by atoms with E-state index in [0.717, 1.165) is 28.5 Å². The van der Waals surface area contributed by atoms with Crippen molar-refractivity contribution in [3.8, 4) is 0 Å². The third-order valence-corrected chi connectivity index (χ3v) is 10.0. The number of aromatic nitrogens is 1. The molecule has 2 saturated heterocycles. The quantitative estimate of drug-likeness (QED) is 0.417. The fraction of sp³-hybridized carbons (Fsp3) is 0.400. The normalized spacial score (nSPS) is 19.4. The van der Waals surface area contributed by atoms with Crippen LogP contribution in [0, 0.1) is 0 Å². The number of nitrogens with zero attached hydrogens (tertiary/aromatic N) is 4. The molecule has 2 amide bonds. The van der Waals surface area contributed by atoms with E-state index < -0.39 is 10.0 Å². The van der Waals surface area contributed by atoms with Gasteiger partial charge in [0.25, 0.3) is 5.91 Å². The minimum Gasteiger partial charge on any atom is -0.379 e. The van der Waals surface area contributed by atoms with Gasteiger partial charge in [0.05, 0.1) is 42.5 Å². The molecule has 3 aromatic rings. The number of carbonyl (C=O) groups excluding carboxylic acids is 2. The Hall–Kier alpha value is -3.51. The van der Waals surface area contributed by atoms with Crippen molar-refractivity contribution in [1.82, 2.24) is 13.8 Å². The summed E-state index contributed by atoms with van der Waals surface area (Å²) in [4.78, 5) is 30.2. The minimum absolute atomic E-state index is 0.0234. The molecular formula is C30H34N4O6S. The lowest BCUT2D eigenvalue weighted by Gasteiger charge is -2.27. The molecule has 0 aliphatic carbocycles. The number of benzene rings is 2. The van der Waals surface area contributed by atoms with Crippen molar-refractivity contribution in [2.75, 3.05) is 64.6 Å². The minimum atomic E-state index is -3.74. The van der Waals surface area contributed by atoms with Gasteiger partial charge in [-0.25, -0.2) is 8.42 Å². The van der Waals surface area contributed by atoms with Gasteiger partial charge < -0.3 is 23.8 Å². The van der Waals surface area contributed by atoms with Gasteiger partial charge in [-0.15, -0.1) is 0 Å². The molecule has 1 aromatic heterocycles. The van der Waals surface area contributed by atoms with Crippen LogP contribution in [-0.2, 0) is 42.1 Å². The van der Waals surface area contributed by atoms with Crippen LogP contribution in [0.3, 0.4) is 0 Å². The Kier molecular flexibility index (Phi) is 7.45. The van der Waals surface area contributed by atoms with Crippen LogP contribution in [0.2, 0.25) is 0 Å². The van der Waals surface area contributed by atoms with Gasteiger partial charge in [0.2, 0.25) is 15.9 Å². The van der Waals surface area contributed by atoms with Crippen molar-refractivity contribution in [3.05, 3.63) is 59.3 Å². The number of fused-ring (bicyclic) bond motifs is 2. The molecule has 0 bridgehead atoms. The van der Waals surface area contributed by atoms with E-state index in [9.17, 15) is 18.0 Å². The van der Waals surface area contributed by atoms with Crippen LogP contribution in [0.5, 0.6) is 0 Å². The molecule has 0 saturated carbocycles. The Balaban J connectivity index is 1.42. The summed E-state index contributed by atoms with van der Waals surface area (Å²) in [6, 6.07) is 10.9. The number of anilines is 1. The summed E-state index contributed by atoms with van der Waals surface area (Å²) in [5.41, 5.74) is 4.52. The average molecular weight is 579 g/mol. The zero-order chi connectivity index (χ0) is 28.7. The van der Waals surface area contributed by atoms with Gasteiger partial charge in [-0.1, -0.05) is 25.1 Å². The molecule has 0 unspecified atom stereocenters. The Morgan fingerprint density at radius 3 is 2.41 bits per heavy atom. The second-order valence-electron chi connectivity index (χ2n) is 10.5. The van der Waals surface area contributed by atoms with Gasteiger partial charge in [0, 0.05) is 61.5 Å². The molecule has 0 radical (unpaired) electrons. The first-order valence-electron chi connectivity index (χ1n) is 14.0. The van der Waals surface area contributed by atoms with Crippen LogP contribution < -0.4 is 4.90 Å². The molecular weight excluding hydrogens is 544 g/mol. The first-order valence-corrected chi connectivity index (χ1v) is 15.4. The summed E-state index contributed by atoms with van der Waals surface area (Å²) < 4.78 is 40.9. The molecule has 0 atom stereocenters. The molecule has 6 rings (SSSR count). The van der Waals surface area contributed by atoms with Gasteiger partial charge in [-0.05, 0) is 36.3 Å². The second-order valence-corrected chi connectivity index (χ2v) is 12.4. The van der Waals surface area contributed by atoms with Crippen LogP contribution in [0.1, 0.15) is 23.6 Å². The molecule has 3 aliphatic rings. The van der Waals surface area contributed by atoms with Crippen molar-refractivity contribution in [2.24, 2.45) is 0 Å². The maximum Gasteiger partial charge on any atom is 0.258 e. The van der Waals surface area contributed by atoms with E-state index in [0.29, 0.717) is 69.4 Å². The van der Waals surface area contributed by atoms with Crippen molar-refractivity contribution < 1.29 is 27.5 Å². The van der Waals surface area contributed by atoms with Crippen LogP contribution in [0.15, 0.2) is 47.5 Å². The molecule has 41 heavy (non-hydrogen) atoms. The van der Waals surface area contributed by atoms with Gasteiger partial charge >= 0.3 is 0 Å². The number of likely N-dealkylation sites (N-methyl/N-ethyl adjacent to an activating group) is 1. The lowest BCUT2D eigenvalue weighted by Crippen LogP contribution is -2.42. The fourth-order valence-electron chi connectivity index (χ4n) is 5.87. The maximum atomic E-state index is 13.5. The van der Waals surface area contributed by atoms with Crippen molar-refractivity contribution in [2.45, 2.75) is 24.8 Å². The summed E-state index contributed by atoms with van der Waals surface area (Å²) in [5, 5.41) is 0.938.